The number of carbonyl (C=O) groups excluding carboxylic acids is 1. The maximum Gasteiger partial charge on any atom is 0.417 e. The first-order chi connectivity index (χ1) is 15.1. The van der Waals surface area contributed by atoms with Crippen molar-refractivity contribution in [3.05, 3.63) is 52.0 Å². The van der Waals surface area contributed by atoms with Gasteiger partial charge in [-0.15, -0.1) is 0 Å². The van der Waals surface area contributed by atoms with Crippen molar-refractivity contribution in [1.29, 1.82) is 0 Å². The molecule has 1 unspecified atom stereocenters. The summed E-state index contributed by atoms with van der Waals surface area (Å²) in [5, 5.41) is 3.80. The summed E-state index contributed by atoms with van der Waals surface area (Å²) in [6.07, 6.45) is -0.649. The Labute approximate surface area is 181 Å². The SMILES string of the molecule is CC(C)c1cc(C(F)(F)F)c2c(C3CCCN(C(=O)Cn4cccnc4=O)C3)noc2n1. The molecule has 0 aliphatic carbocycles. The Morgan fingerprint density at radius 2 is 2.12 bits per heavy atom. The van der Waals surface area contributed by atoms with E-state index in [1.165, 1.54) is 21.9 Å². The van der Waals surface area contributed by atoms with E-state index >= 15 is 0 Å². The van der Waals surface area contributed by atoms with Crippen molar-refractivity contribution in [3.63, 3.8) is 0 Å². The minimum atomic E-state index is -4.60. The molecule has 0 bridgehead atoms. The van der Waals surface area contributed by atoms with E-state index in [9.17, 15) is 22.8 Å². The van der Waals surface area contributed by atoms with Crippen LogP contribution in [0.25, 0.3) is 11.1 Å². The zero-order chi connectivity index (χ0) is 23.0. The van der Waals surface area contributed by atoms with Crippen molar-refractivity contribution < 1.29 is 22.5 Å². The zero-order valence-corrected chi connectivity index (χ0v) is 17.6. The highest BCUT2D eigenvalue weighted by Crippen LogP contribution is 2.40. The number of carbonyl (C=O) groups is 1. The summed E-state index contributed by atoms with van der Waals surface area (Å²) in [6.45, 7) is 3.94. The fourth-order valence-corrected chi connectivity index (χ4v) is 3.97. The summed E-state index contributed by atoms with van der Waals surface area (Å²) < 4.78 is 48.0. The van der Waals surface area contributed by atoms with Crippen molar-refractivity contribution in [3.8, 4) is 0 Å². The lowest BCUT2D eigenvalue weighted by molar-refractivity contribution is -0.136. The minimum absolute atomic E-state index is 0.148. The van der Waals surface area contributed by atoms with Crippen molar-refractivity contribution in [2.75, 3.05) is 13.1 Å². The summed E-state index contributed by atoms with van der Waals surface area (Å²) in [5.74, 6) is -0.964. The Morgan fingerprint density at radius 1 is 1.34 bits per heavy atom. The Bertz CT molecular complexity index is 1200. The van der Waals surface area contributed by atoms with Gasteiger partial charge in [-0.3, -0.25) is 9.36 Å². The number of rotatable bonds is 4. The Hall–Kier alpha value is -3.24. The van der Waals surface area contributed by atoms with E-state index in [2.05, 4.69) is 15.1 Å². The van der Waals surface area contributed by atoms with Crippen LogP contribution in [0, 0.1) is 0 Å². The quantitative estimate of drug-likeness (QED) is 0.607. The van der Waals surface area contributed by atoms with Crippen LogP contribution in [-0.2, 0) is 17.5 Å². The minimum Gasteiger partial charge on any atom is -0.340 e. The van der Waals surface area contributed by atoms with Gasteiger partial charge in [-0.25, -0.2) is 14.8 Å². The van der Waals surface area contributed by atoms with E-state index < -0.39 is 23.3 Å². The molecule has 3 aromatic heterocycles. The number of nitrogens with zero attached hydrogens (tertiary/aromatic N) is 5. The van der Waals surface area contributed by atoms with E-state index in [4.69, 9.17) is 4.52 Å². The van der Waals surface area contributed by atoms with Gasteiger partial charge >= 0.3 is 11.9 Å². The molecule has 4 rings (SSSR count). The molecule has 0 N–H and O–H groups in total. The first kappa shape index (κ1) is 22.0. The second kappa shape index (κ2) is 8.36. The molecule has 3 aromatic rings. The number of halogens is 3. The van der Waals surface area contributed by atoms with Gasteiger partial charge in [0.2, 0.25) is 5.91 Å². The van der Waals surface area contributed by atoms with E-state index in [-0.39, 0.29) is 47.4 Å². The fraction of sp³-hybridized carbons (Fsp3) is 0.476. The smallest absolute Gasteiger partial charge is 0.340 e. The number of fused-ring (bicyclic) bond motifs is 1. The van der Waals surface area contributed by atoms with Crippen LogP contribution in [0.2, 0.25) is 0 Å². The van der Waals surface area contributed by atoms with Gasteiger partial charge in [0.15, 0.2) is 0 Å². The second-order valence-corrected chi connectivity index (χ2v) is 8.20. The van der Waals surface area contributed by atoms with Gasteiger partial charge in [-0.2, -0.15) is 13.2 Å². The fourth-order valence-electron chi connectivity index (χ4n) is 3.97. The first-order valence-corrected chi connectivity index (χ1v) is 10.3. The third-order valence-electron chi connectivity index (χ3n) is 5.64. The normalized spacial score (nSPS) is 17.3. The van der Waals surface area contributed by atoms with Gasteiger partial charge in [-0.05, 0) is 30.9 Å². The van der Waals surface area contributed by atoms with E-state index in [0.29, 0.717) is 19.4 Å². The monoisotopic (exact) mass is 449 g/mol. The largest absolute Gasteiger partial charge is 0.417 e. The van der Waals surface area contributed by atoms with Crippen LogP contribution in [0.4, 0.5) is 13.2 Å². The molecular formula is C21H22F3N5O3. The summed E-state index contributed by atoms with van der Waals surface area (Å²) >= 11 is 0. The van der Waals surface area contributed by atoms with E-state index in [1.807, 2.05) is 0 Å². The topological polar surface area (TPSA) is 94.1 Å². The molecule has 0 saturated carbocycles. The van der Waals surface area contributed by atoms with Crippen molar-refractivity contribution in [2.45, 2.75) is 51.2 Å². The van der Waals surface area contributed by atoms with E-state index in [0.717, 1.165) is 6.07 Å². The molecule has 1 amide bonds. The predicted molar refractivity (Wildman–Crippen MR) is 108 cm³/mol. The molecule has 4 heterocycles. The number of amides is 1. The molecule has 32 heavy (non-hydrogen) atoms. The van der Waals surface area contributed by atoms with Gasteiger partial charge < -0.3 is 9.42 Å². The van der Waals surface area contributed by atoms with Gasteiger partial charge in [0.25, 0.3) is 5.71 Å². The van der Waals surface area contributed by atoms with Crippen LogP contribution in [0.15, 0.2) is 33.8 Å². The Morgan fingerprint density at radius 3 is 2.81 bits per heavy atom. The lowest BCUT2D eigenvalue weighted by Crippen LogP contribution is -2.42. The van der Waals surface area contributed by atoms with Gasteiger partial charge in [0, 0.05) is 37.1 Å². The van der Waals surface area contributed by atoms with Crippen LogP contribution in [0.1, 0.15) is 55.5 Å². The first-order valence-electron chi connectivity index (χ1n) is 10.3. The second-order valence-electron chi connectivity index (χ2n) is 8.20. The van der Waals surface area contributed by atoms with Gasteiger partial charge in [-0.1, -0.05) is 19.0 Å². The van der Waals surface area contributed by atoms with Gasteiger partial charge in [0.05, 0.1) is 16.6 Å². The number of hydrogen-bond donors (Lipinski definition) is 0. The lowest BCUT2D eigenvalue weighted by Gasteiger charge is -2.32. The molecule has 170 valence electrons. The predicted octanol–water partition coefficient (Wildman–Crippen LogP) is 3.33. The lowest BCUT2D eigenvalue weighted by atomic mass is 9.91. The van der Waals surface area contributed by atoms with Crippen LogP contribution in [-0.4, -0.2) is 43.6 Å². The molecule has 1 atom stereocenters. The van der Waals surface area contributed by atoms with Crippen molar-refractivity contribution in [2.24, 2.45) is 0 Å². The summed E-state index contributed by atoms with van der Waals surface area (Å²) in [7, 11) is 0. The molecule has 0 aromatic carbocycles. The molecule has 0 radical (unpaired) electrons. The van der Waals surface area contributed by atoms with Crippen LogP contribution >= 0.6 is 0 Å². The number of alkyl halides is 3. The highest BCUT2D eigenvalue weighted by Gasteiger charge is 2.38. The highest BCUT2D eigenvalue weighted by atomic mass is 19.4. The zero-order valence-electron chi connectivity index (χ0n) is 17.6. The standard InChI is InChI=1S/C21H22F3N5O3/c1-12(2)15-9-14(21(22,23)24)17-18(27-32-19(17)26-15)13-5-3-7-28(10-13)16(30)11-29-8-4-6-25-20(29)31/h4,6,8-9,12-13H,3,5,7,10-11H2,1-2H3. The number of hydrogen-bond acceptors (Lipinski definition) is 6. The molecular weight excluding hydrogens is 427 g/mol. The Kier molecular flexibility index (Phi) is 5.74. The average molecular weight is 449 g/mol. The third kappa shape index (κ3) is 4.23. The summed E-state index contributed by atoms with van der Waals surface area (Å²) in [5.41, 5.74) is -1.09. The molecule has 1 aliphatic heterocycles. The van der Waals surface area contributed by atoms with Crippen molar-refractivity contribution in [1.82, 2.24) is 24.6 Å². The molecule has 1 aliphatic rings. The van der Waals surface area contributed by atoms with Crippen LogP contribution in [0.5, 0.6) is 0 Å². The number of aromatic nitrogens is 4. The van der Waals surface area contributed by atoms with Crippen LogP contribution in [0.3, 0.4) is 0 Å². The maximum atomic E-state index is 13.9. The van der Waals surface area contributed by atoms with Crippen LogP contribution < -0.4 is 5.69 Å². The molecule has 8 nitrogen and oxygen atoms in total. The molecule has 1 saturated heterocycles. The van der Waals surface area contributed by atoms with Gasteiger partial charge in [0.1, 0.15) is 6.54 Å². The molecule has 1 fully saturated rings. The maximum absolute atomic E-state index is 13.9. The average Bonchev–Trinajstić information content (AvgIpc) is 3.18. The molecule has 11 heteroatoms. The summed E-state index contributed by atoms with van der Waals surface area (Å²) in [6, 6.07) is 2.60. The number of likely N-dealkylation sites (tertiary alicyclic amines) is 1. The number of pyridine rings is 1. The Balaban J connectivity index is 1.65. The van der Waals surface area contributed by atoms with E-state index in [1.54, 1.807) is 19.9 Å². The summed E-state index contributed by atoms with van der Waals surface area (Å²) in [4.78, 5) is 33.9. The molecule has 0 spiro atoms. The third-order valence-corrected chi connectivity index (χ3v) is 5.64. The number of piperidine rings is 1. The highest BCUT2D eigenvalue weighted by molar-refractivity contribution is 5.82. The van der Waals surface area contributed by atoms with Crippen molar-refractivity contribution >= 4 is 17.0 Å².